The van der Waals surface area contributed by atoms with Gasteiger partial charge in [0.1, 0.15) is 0 Å². The molecule has 1 aromatic carbocycles. The summed E-state index contributed by atoms with van der Waals surface area (Å²) in [7, 11) is 3.27. The van der Waals surface area contributed by atoms with Gasteiger partial charge in [0.15, 0.2) is 5.78 Å². The van der Waals surface area contributed by atoms with Crippen LogP contribution in [-0.2, 0) is 11.8 Å². The molecule has 0 radical (unpaired) electrons. The Bertz CT molecular complexity index is 717. The highest BCUT2D eigenvalue weighted by molar-refractivity contribution is 6.01. The van der Waals surface area contributed by atoms with E-state index < -0.39 is 5.97 Å². The number of ketones is 1. The highest BCUT2D eigenvalue weighted by Gasteiger charge is 2.15. The lowest BCUT2D eigenvalue weighted by Gasteiger charge is -2.10. The quantitative estimate of drug-likeness (QED) is 0.681. The van der Waals surface area contributed by atoms with Gasteiger partial charge < -0.3 is 14.6 Å². The van der Waals surface area contributed by atoms with Crippen LogP contribution in [-0.4, -0.2) is 30.0 Å². The summed E-state index contributed by atoms with van der Waals surface area (Å²) in [6.07, 6.45) is 0. The number of rotatable bonds is 5. The molecule has 5 heteroatoms. The predicted molar refractivity (Wildman–Crippen MR) is 85.5 cm³/mol. The molecular weight excluding hydrogens is 280 g/mol. The van der Waals surface area contributed by atoms with Crippen LogP contribution in [0.2, 0.25) is 0 Å². The maximum atomic E-state index is 12.4. The number of nitrogens with zero attached hydrogens (tertiary/aromatic N) is 1. The summed E-state index contributed by atoms with van der Waals surface area (Å²) in [6, 6.07) is 8.85. The van der Waals surface area contributed by atoms with E-state index in [1.165, 1.54) is 7.11 Å². The van der Waals surface area contributed by atoms with Crippen LogP contribution in [0, 0.1) is 13.8 Å². The molecule has 2 rings (SSSR count). The van der Waals surface area contributed by atoms with Gasteiger partial charge >= 0.3 is 5.97 Å². The molecule has 116 valence electrons. The predicted octanol–water partition coefficient (Wildman–Crippen LogP) is 2.72. The van der Waals surface area contributed by atoms with E-state index in [0.29, 0.717) is 16.8 Å². The van der Waals surface area contributed by atoms with Crippen LogP contribution in [0.1, 0.15) is 32.1 Å². The van der Waals surface area contributed by atoms with Crippen LogP contribution in [0.15, 0.2) is 30.3 Å². The van der Waals surface area contributed by atoms with Crippen LogP contribution in [0.3, 0.4) is 0 Å². The van der Waals surface area contributed by atoms with Crippen LogP contribution in [0.4, 0.5) is 5.69 Å². The zero-order chi connectivity index (χ0) is 16.3. The number of ether oxygens (including phenoxy) is 1. The lowest BCUT2D eigenvalue weighted by Crippen LogP contribution is -2.17. The number of hydrogen-bond acceptors (Lipinski definition) is 4. The number of benzene rings is 1. The smallest absolute Gasteiger partial charge is 0.339 e. The number of esters is 1. The van der Waals surface area contributed by atoms with E-state index >= 15 is 0 Å². The molecule has 1 N–H and O–H groups in total. The van der Waals surface area contributed by atoms with Crippen LogP contribution < -0.4 is 5.32 Å². The first-order valence-electron chi connectivity index (χ1n) is 7.03. The molecule has 0 aliphatic heterocycles. The van der Waals surface area contributed by atoms with Crippen molar-refractivity contribution >= 4 is 17.4 Å². The Morgan fingerprint density at radius 1 is 1.18 bits per heavy atom. The highest BCUT2D eigenvalue weighted by atomic mass is 16.5. The third kappa shape index (κ3) is 3.03. The monoisotopic (exact) mass is 300 g/mol. The van der Waals surface area contributed by atoms with Crippen molar-refractivity contribution in [1.29, 1.82) is 0 Å². The fraction of sp³-hybridized carbons (Fsp3) is 0.294. The van der Waals surface area contributed by atoms with E-state index in [0.717, 1.165) is 11.4 Å². The maximum absolute atomic E-state index is 12.4. The molecule has 0 bridgehead atoms. The first-order valence-corrected chi connectivity index (χ1v) is 7.03. The number of nitrogens with one attached hydrogen (secondary N) is 1. The summed E-state index contributed by atoms with van der Waals surface area (Å²) in [6.45, 7) is 4.00. The van der Waals surface area contributed by atoms with Crippen molar-refractivity contribution in [2.75, 3.05) is 19.0 Å². The van der Waals surface area contributed by atoms with Crippen molar-refractivity contribution in [2.45, 2.75) is 13.8 Å². The van der Waals surface area contributed by atoms with E-state index in [1.807, 2.05) is 31.5 Å². The van der Waals surface area contributed by atoms with Gasteiger partial charge in [0, 0.05) is 29.7 Å². The standard InChI is InChI=1S/C17H20N2O3/c1-11-9-14(12(2)19(11)3)16(20)10-18-15-8-6-5-7-13(15)17(21)22-4/h5-9,18H,10H2,1-4H3. The Morgan fingerprint density at radius 3 is 2.45 bits per heavy atom. The molecule has 0 spiro atoms. The van der Waals surface area contributed by atoms with Gasteiger partial charge in [-0.3, -0.25) is 4.79 Å². The number of methoxy groups -OCH3 is 1. The maximum Gasteiger partial charge on any atom is 0.339 e. The first kappa shape index (κ1) is 15.8. The lowest BCUT2D eigenvalue weighted by molar-refractivity contribution is 0.0601. The zero-order valence-electron chi connectivity index (χ0n) is 13.3. The normalized spacial score (nSPS) is 10.4. The van der Waals surface area contributed by atoms with Crippen molar-refractivity contribution in [2.24, 2.45) is 7.05 Å². The van der Waals surface area contributed by atoms with Crippen molar-refractivity contribution in [1.82, 2.24) is 4.57 Å². The second-order valence-electron chi connectivity index (χ2n) is 5.16. The lowest BCUT2D eigenvalue weighted by atomic mass is 10.1. The zero-order valence-corrected chi connectivity index (χ0v) is 13.3. The number of hydrogen-bond donors (Lipinski definition) is 1. The van der Waals surface area contributed by atoms with Crippen molar-refractivity contribution in [3.8, 4) is 0 Å². The van der Waals surface area contributed by atoms with Gasteiger partial charge in [-0.15, -0.1) is 0 Å². The second-order valence-corrected chi connectivity index (χ2v) is 5.16. The molecule has 0 atom stereocenters. The Kier molecular flexibility index (Phi) is 4.65. The SMILES string of the molecule is COC(=O)c1ccccc1NCC(=O)c1cc(C)n(C)c1C. The molecule has 0 saturated carbocycles. The molecule has 0 fully saturated rings. The minimum absolute atomic E-state index is 0.0131. The Balaban J connectivity index is 2.15. The van der Waals surface area contributed by atoms with E-state index in [4.69, 9.17) is 4.74 Å². The van der Waals surface area contributed by atoms with Gasteiger partial charge in [-0.1, -0.05) is 12.1 Å². The Hall–Kier alpha value is -2.56. The largest absolute Gasteiger partial charge is 0.465 e. The van der Waals surface area contributed by atoms with E-state index in [-0.39, 0.29) is 12.3 Å². The summed E-state index contributed by atoms with van der Waals surface area (Å²) in [5, 5.41) is 3.02. The summed E-state index contributed by atoms with van der Waals surface area (Å²) in [5.74, 6) is -0.442. The van der Waals surface area contributed by atoms with E-state index in [2.05, 4.69) is 5.32 Å². The summed E-state index contributed by atoms with van der Waals surface area (Å²) < 4.78 is 6.72. The second kappa shape index (κ2) is 6.47. The topological polar surface area (TPSA) is 60.3 Å². The number of carbonyl (C=O) groups is 2. The van der Waals surface area contributed by atoms with Crippen molar-refractivity contribution in [3.05, 3.63) is 52.8 Å². The van der Waals surface area contributed by atoms with Gasteiger partial charge in [-0.2, -0.15) is 0 Å². The first-order chi connectivity index (χ1) is 10.5. The molecule has 22 heavy (non-hydrogen) atoms. The van der Waals surface area contributed by atoms with E-state index in [9.17, 15) is 9.59 Å². The molecule has 0 unspecified atom stereocenters. The van der Waals surface area contributed by atoms with Crippen molar-refractivity contribution in [3.63, 3.8) is 0 Å². The molecular formula is C17H20N2O3. The van der Waals surface area contributed by atoms with Crippen LogP contribution in [0.5, 0.6) is 0 Å². The molecule has 5 nitrogen and oxygen atoms in total. The number of Topliss-reactive ketones (excluding diaryl/α,β-unsaturated/α-hetero) is 1. The summed E-state index contributed by atoms with van der Waals surface area (Å²) in [4.78, 5) is 24.1. The number of aryl methyl sites for hydroxylation is 1. The minimum Gasteiger partial charge on any atom is -0.465 e. The van der Waals surface area contributed by atoms with Gasteiger partial charge in [0.25, 0.3) is 0 Å². The number of aromatic nitrogens is 1. The molecule has 0 aliphatic carbocycles. The van der Waals surface area contributed by atoms with Gasteiger partial charge in [0.2, 0.25) is 0 Å². The fourth-order valence-electron chi connectivity index (χ4n) is 2.33. The molecule has 1 aromatic heterocycles. The van der Waals surface area contributed by atoms with E-state index in [1.54, 1.807) is 24.3 Å². The fourth-order valence-corrected chi connectivity index (χ4v) is 2.33. The molecule has 0 saturated heterocycles. The van der Waals surface area contributed by atoms with Crippen LogP contribution >= 0.6 is 0 Å². The summed E-state index contributed by atoms with van der Waals surface area (Å²) >= 11 is 0. The third-order valence-electron chi connectivity index (χ3n) is 3.85. The van der Waals surface area contributed by atoms with Crippen LogP contribution in [0.25, 0.3) is 0 Å². The van der Waals surface area contributed by atoms with Crippen molar-refractivity contribution < 1.29 is 14.3 Å². The third-order valence-corrected chi connectivity index (χ3v) is 3.85. The van der Waals surface area contributed by atoms with Gasteiger partial charge in [-0.25, -0.2) is 4.79 Å². The molecule has 2 aromatic rings. The molecule has 0 aliphatic rings. The average molecular weight is 300 g/mol. The molecule has 0 amide bonds. The van der Waals surface area contributed by atoms with Gasteiger partial charge in [-0.05, 0) is 32.0 Å². The Labute approximate surface area is 129 Å². The molecule has 1 heterocycles. The highest BCUT2D eigenvalue weighted by Crippen LogP contribution is 2.17. The Morgan fingerprint density at radius 2 is 1.86 bits per heavy atom. The number of para-hydroxylation sites is 1. The van der Waals surface area contributed by atoms with Gasteiger partial charge in [0.05, 0.1) is 19.2 Å². The number of anilines is 1. The summed E-state index contributed by atoms with van der Waals surface area (Å²) in [5.41, 5.74) is 3.68. The number of carbonyl (C=O) groups excluding carboxylic acids is 2. The average Bonchev–Trinajstić information content (AvgIpc) is 2.79. The minimum atomic E-state index is -0.428.